The van der Waals surface area contributed by atoms with Crippen molar-refractivity contribution in [3.63, 3.8) is 0 Å². The number of nitrogens with zero attached hydrogens (tertiary/aromatic N) is 1. The van der Waals surface area contributed by atoms with Gasteiger partial charge in [0.25, 0.3) is 0 Å². The van der Waals surface area contributed by atoms with Crippen LogP contribution in [-0.4, -0.2) is 34.8 Å². The molecular formula is C13H22N2O2. The standard InChI is InChI=1S/C13H22N2O2/c1-4-8(2)15-12(16)7-11(13(15)17)14-9(3)10-5-6-10/h8-11,14H,4-7H2,1-3H3. The van der Waals surface area contributed by atoms with E-state index in [1.54, 1.807) is 0 Å². The summed E-state index contributed by atoms with van der Waals surface area (Å²) < 4.78 is 0. The smallest absolute Gasteiger partial charge is 0.247 e. The molecule has 1 heterocycles. The van der Waals surface area contributed by atoms with Crippen molar-refractivity contribution in [1.29, 1.82) is 0 Å². The second-order valence-electron chi connectivity index (χ2n) is 5.41. The molecule has 2 aliphatic rings. The molecule has 0 aromatic heterocycles. The van der Waals surface area contributed by atoms with Crippen LogP contribution in [-0.2, 0) is 9.59 Å². The number of carbonyl (C=O) groups excluding carboxylic acids is 2. The molecule has 3 atom stereocenters. The molecule has 1 aliphatic carbocycles. The van der Waals surface area contributed by atoms with E-state index >= 15 is 0 Å². The molecule has 96 valence electrons. The second kappa shape index (κ2) is 4.77. The number of amides is 2. The van der Waals surface area contributed by atoms with Gasteiger partial charge in [0, 0.05) is 12.1 Å². The molecule has 2 rings (SSSR count). The molecule has 1 N–H and O–H groups in total. The van der Waals surface area contributed by atoms with Crippen molar-refractivity contribution in [1.82, 2.24) is 10.2 Å². The minimum atomic E-state index is -0.285. The Labute approximate surface area is 103 Å². The number of rotatable bonds is 5. The Morgan fingerprint density at radius 2 is 2.00 bits per heavy atom. The van der Waals surface area contributed by atoms with E-state index in [1.807, 2.05) is 13.8 Å². The number of hydrogen-bond donors (Lipinski definition) is 1. The highest BCUT2D eigenvalue weighted by Gasteiger charge is 2.42. The Hall–Kier alpha value is -0.900. The van der Waals surface area contributed by atoms with Gasteiger partial charge in [-0.2, -0.15) is 0 Å². The molecule has 17 heavy (non-hydrogen) atoms. The third-order valence-electron chi connectivity index (χ3n) is 4.01. The van der Waals surface area contributed by atoms with Gasteiger partial charge in [0.05, 0.1) is 12.5 Å². The van der Waals surface area contributed by atoms with Crippen molar-refractivity contribution in [2.75, 3.05) is 0 Å². The largest absolute Gasteiger partial charge is 0.303 e. The fourth-order valence-corrected chi connectivity index (χ4v) is 2.48. The molecular weight excluding hydrogens is 216 g/mol. The van der Waals surface area contributed by atoms with Crippen LogP contribution < -0.4 is 5.32 Å². The zero-order chi connectivity index (χ0) is 12.6. The maximum Gasteiger partial charge on any atom is 0.247 e. The highest BCUT2D eigenvalue weighted by Crippen LogP contribution is 2.33. The molecule has 0 aromatic carbocycles. The molecule has 0 aromatic rings. The van der Waals surface area contributed by atoms with E-state index in [9.17, 15) is 9.59 Å². The normalized spacial score (nSPS) is 28.6. The van der Waals surface area contributed by atoms with Crippen LogP contribution in [0.15, 0.2) is 0 Å². The molecule has 0 bridgehead atoms. The minimum Gasteiger partial charge on any atom is -0.303 e. The highest BCUT2D eigenvalue weighted by atomic mass is 16.2. The van der Waals surface area contributed by atoms with Gasteiger partial charge in [-0.05, 0) is 39.0 Å². The first-order valence-corrected chi connectivity index (χ1v) is 6.66. The number of likely N-dealkylation sites (tertiary alicyclic amines) is 1. The fraction of sp³-hybridized carbons (Fsp3) is 0.846. The Morgan fingerprint density at radius 1 is 1.35 bits per heavy atom. The molecule has 4 nitrogen and oxygen atoms in total. The SMILES string of the molecule is CCC(C)N1C(=O)CC(NC(C)C2CC2)C1=O. The summed E-state index contributed by atoms with van der Waals surface area (Å²) in [5.74, 6) is 0.650. The van der Waals surface area contributed by atoms with Crippen LogP contribution in [0.3, 0.4) is 0 Å². The Kier molecular flexibility index (Phi) is 3.52. The first kappa shape index (κ1) is 12.6. The lowest BCUT2D eigenvalue weighted by Crippen LogP contribution is -2.45. The van der Waals surface area contributed by atoms with Gasteiger partial charge < -0.3 is 5.32 Å². The van der Waals surface area contributed by atoms with Crippen molar-refractivity contribution < 1.29 is 9.59 Å². The van der Waals surface area contributed by atoms with Crippen molar-refractivity contribution >= 4 is 11.8 Å². The zero-order valence-corrected chi connectivity index (χ0v) is 10.9. The van der Waals surface area contributed by atoms with Gasteiger partial charge in [0.15, 0.2) is 0 Å². The average Bonchev–Trinajstić information content (AvgIpc) is 3.08. The van der Waals surface area contributed by atoms with E-state index in [1.165, 1.54) is 17.7 Å². The maximum absolute atomic E-state index is 12.1. The predicted octanol–water partition coefficient (Wildman–Crippen LogP) is 1.30. The molecule has 0 spiro atoms. The first-order valence-electron chi connectivity index (χ1n) is 6.66. The van der Waals surface area contributed by atoms with Crippen molar-refractivity contribution in [3.8, 4) is 0 Å². The molecule has 0 radical (unpaired) electrons. The third kappa shape index (κ3) is 2.51. The lowest BCUT2D eigenvalue weighted by Gasteiger charge is -2.22. The van der Waals surface area contributed by atoms with Gasteiger partial charge in [-0.3, -0.25) is 14.5 Å². The lowest BCUT2D eigenvalue weighted by atomic mass is 10.1. The van der Waals surface area contributed by atoms with Crippen LogP contribution in [0, 0.1) is 5.92 Å². The first-order chi connectivity index (χ1) is 8.04. The minimum absolute atomic E-state index is 0.0233. The number of carbonyl (C=O) groups is 2. The Morgan fingerprint density at radius 3 is 2.53 bits per heavy atom. The monoisotopic (exact) mass is 238 g/mol. The van der Waals surface area contributed by atoms with Crippen LogP contribution >= 0.6 is 0 Å². The van der Waals surface area contributed by atoms with Crippen molar-refractivity contribution in [2.24, 2.45) is 5.92 Å². The van der Waals surface area contributed by atoms with Gasteiger partial charge in [-0.15, -0.1) is 0 Å². The van der Waals surface area contributed by atoms with E-state index in [4.69, 9.17) is 0 Å². The Balaban J connectivity index is 1.97. The highest BCUT2D eigenvalue weighted by molar-refractivity contribution is 6.05. The summed E-state index contributed by atoms with van der Waals surface area (Å²) in [5, 5.41) is 3.32. The van der Waals surface area contributed by atoms with Crippen LogP contribution in [0.25, 0.3) is 0 Å². The zero-order valence-electron chi connectivity index (χ0n) is 10.9. The molecule has 1 saturated heterocycles. The molecule has 4 heteroatoms. The maximum atomic E-state index is 12.1. The molecule has 2 amide bonds. The van der Waals surface area contributed by atoms with Crippen molar-refractivity contribution in [2.45, 2.75) is 64.6 Å². The number of nitrogens with one attached hydrogen (secondary N) is 1. The summed E-state index contributed by atoms with van der Waals surface area (Å²) in [6, 6.07) is 0.0961. The lowest BCUT2D eigenvalue weighted by molar-refractivity contribution is -0.141. The fourth-order valence-electron chi connectivity index (χ4n) is 2.48. The van der Waals surface area contributed by atoms with Crippen LogP contribution in [0.2, 0.25) is 0 Å². The van der Waals surface area contributed by atoms with Gasteiger partial charge in [0.2, 0.25) is 11.8 Å². The molecule has 3 unspecified atom stereocenters. The van der Waals surface area contributed by atoms with Gasteiger partial charge in [-0.1, -0.05) is 6.92 Å². The van der Waals surface area contributed by atoms with E-state index in [0.717, 1.165) is 6.42 Å². The van der Waals surface area contributed by atoms with Crippen LogP contribution in [0.5, 0.6) is 0 Å². The summed E-state index contributed by atoms with van der Waals surface area (Å²) in [6.45, 7) is 6.04. The number of imide groups is 1. The van der Waals surface area contributed by atoms with E-state index in [0.29, 0.717) is 18.4 Å². The summed E-state index contributed by atoms with van der Waals surface area (Å²) in [5.41, 5.74) is 0. The number of hydrogen-bond acceptors (Lipinski definition) is 3. The Bertz CT molecular complexity index is 325. The molecule has 1 saturated carbocycles. The van der Waals surface area contributed by atoms with E-state index in [2.05, 4.69) is 12.2 Å². The summed E-state index contributed by atoms with van der Waals surface area (Å²) >= 11 is 0. The van der Waals surface area contributed by atoms with Crippen LogP contribution in [0.4, 0.5) is 0 Å². The topological polar surface area (TPSA) is 49.4 Å². The summed E-state index contributed by atoms with van der Waals surface area (Å²) in [4.78, 5) is 25.4. The van der Waals surface area contributed by atoms with Gasteiger partial charge in [0.1, 0.15) is 0 Å². The quantitative estimate of drug-likeness (QED) is 0.734. The molecule has 2 fully saturated rings. The van der Waals surface area contributed by atoms with Gasteiger partial charge in [-0.25, -0.2) is 0 Å². The van der Waals surface area contributed by atoms with Gasteiger partial charge >= 0.3 is 0 Å². The summed E-state index contributed by atoms with van der Waals surface area (Å²) in [6.07, 6.45) is 3.65. The van der Waals surface area contributed by atoms with Crippen molar-refractivity contribution in [3.05, 3.63) is 0 Å². The van der Waals surface area contributed by atoms with E-state index < -0.39 is 0 Å². The molecule has 1 aliphatic heterocycles. The second-order valence-corrected chi connectivity index (χ2v) is 5.41. The van der Waals surface area contributed by atoms with E-state index in [-0.39, 0.29) is 23.9 Å². The predicted molar refractivity (Wildman–Crippen MR) is 65.3 cm³/mol. The van der Waals surface area contributed by atoms with Crippen LogP contribution in [0.1, 0.15) is 46.5 Å². The third-order valence-corrected chi connectivity index (χ3v) is 4.01. The average molecular weight is 238 g/mol. The summed E-state index contributed by atoms with van der Waals surface area (Å²) in [7, 11) is 0.